The summed E-state index contributed by atoms with van der Waals surface area (Å²) in [6, 6.07) is 5.83. The van der Waals surface area contributed by atoms with Gasteiger partial charge in [-0.25, -0.2) is 13.2 Å². The standard InChI is InChI=1S/C14H21NO4S/c1-5-20(18,19)15(11(4)14(16)17)13-8-6-12(7-9-13)10(2)3/h6-11H,5H2,1-4H3,(H,16,17). The van der Waals surface area contributed by atoms with Crippen molar-refractivity contribution in [2.24, 2.45) is 0 Å². The molecular formula is C14H21NO4S. The van der Waals surface area contributed by atoms with E-state index in [-0.39, 0.29) is 5.75 Å². The molecule has 0 bridgehead atoms. The minimum absolute atomic E-state index is 0.142. The van der Waals surface area contributed by atoms with Crippen LogP contribution >= 0.6 is 0 Å². The number of aliphatic carboxylic acids is 1. The Morgan fingerprint density at radius 1 is 1.20 bits per heavy atom. The molecule has 1 atom stereocenters. The molecule has 0 saturated carbocycles. The zero-order valence-corrected chi connectivity index (χ0v) is 13.0. The third-order valence-corrected chi connectivity index (χ3v) is 5.04. The Bertz CT molecular complexity index is 563. The summed E-state index contributed by atoms with van der Waals surface area (Å²) in [5.74, 6) is -0.983. The molecule has 0 heterocycles. The summed E-state index contributed by atoms with van der Waals surface area (Å²) in [7, 11) is -3.64. The molecule has 0 fully saturated rings. The highest BCUT2D eigenvalue weighted by molar-refractivity contribution is 7.92. The maximum atomic E-state index is 12.1. The first-order valence-corrected chi connectivity index (χ1v) is 8.16. The predicted molar refractivity (Wildman–Crippen MR) is 79.6 cm³/mol. The Balaban J connectivity index is 3.28. The monoisotopic (exact) mass is 299 g/mol. The van der Waals surface area contributed by atoms with Crippen LogP contribution in [0.25, 0.3) is 0 Å². The Hall–Kier alpha value is -1.56. The van der Waals surface area contributed by atoms with E-state index in [1.54, 1.807) is 12.1 Å². The van der Waals surface area contributed by atoms with Gasteiger partial charge < -0.3 is 5.11 Å². The molecule has 1 rings (SSSR count). The van der Waals surface area contributed by atoms with E-state index in [0.29, 0.717) is 11.6 Å². The summed E-state index contributed by atoms with van der Waals surface area (Å²) in [6.07, 6.45) is 0. The van der Waals surface area contributed by atoms with Crippen molar-refractivity contribution in [3.63, 3.8) is 0 Å². The van der Waals surface area contributed by atoms with E-state index in [2.05, 4.69) is 0 Å². The molecular weight excluding hydrogens is 278 g/mol. The number of hydrogen-bond acceptors (Lipinski definition) is 3. The van der Waals surface area contributed by atoms with E-state index in [9.17, 15) is 13.2 Å². The van der Waals surface area contributed by atoms with Gasteiger partial charge in [0.15, 0.2) is 0 Å². The van der Waals surface area contributed by atoms with Gasteiger partial charge in [0.05, 0.1) is 11.4 Å². The van der Waals surface area contributed by atoms with Crippen molar-refractivity contribution in [1.29, 1.82) is 0 Å². The number of nitrogens with zero attached hydrogens (tertiary/aromatic N) is 1. The SMILES string of the molecule is CCS(=O)(=O)N(c1ccc(C(C)C)cc1)C(C)C(=O)O. The van der Waals surface area contributed by atoms with Crippen LogP contribution in [0.4, 0.5) is 5.69 Å². The number of carboxylic acid groups (broad SMARTS) is 1. The molecule has 0 spiro atoms. The van der Waals surface area contributed by atoms with Gasteiger partial charge in [-0.2, -0.15) is 0 Å². The molecule has 5 nitrogen and oxygen atoms in total. The lowest BCUT2D eigenvalue weighted by Crippen LogP contribution is -2.44. The van der Waals surface area contributed by atoms with Crippen LogP contribution in [0, 0.1) is 0 Å². The van der Waals surface area contributed by atoms with Crippen LogP contribution in [-0.4, -0.2) is 31.3 Å². The molecule has 1 aromatic carbocycles. The number of hydrogen-bond donors (Lipinski definition) is 1. The molecule has 20 heavy (non-hydrogen) atoms. The quantitative estimate of drug-likeness (QED) is 0.875. The Morgan fingerprint density at radius 3 is 2.05 bits per heavy atom. The molecule has 1 N–H and O–H groups in total. The molecule has 112 valence electrons. The van der Waals surface area contributed by atoms with Gasteiger partial charge in [-0.05, 0) is 37.5 Å². The summed E-state index contributed by atoms with van der Waals surface area (Å²) in [5.41, 5.74) is 1.46. The Labute approximate surface area is 120 Å². The van der Waals surface area contributed by atoms with E-state index in [0.717, 1.165) is 9.87 Å². The lowest BCUT2D eigenvalue weighted by molar-refractivity contribution is -0.137. The Kier molecular flexibility index (Phi) is 5.16. The Morgan fingerprint density at radius 2 is 1.70 bits per heavy atom. The second kappa shape index (κ2) is 6.26. The van der Waals surface area contributed by atoms with Gasteiger partial charge in [0.2, 0.25) is 10.0 Å². The van der Waals surface area contributed by atoms with Crippen LogP contribution in [-0.2, 0) is 14.8 Å². The number of sulfonamides is 1. The fourth-order valence-corrected chi connectivity index (χ4v) is 3.16. The first kappa shape index (κ1) is 16.5. The zero-order valence-electron chi connectivity index (χ0n) is 12.2. The fourth-order valence-electron chi connectivity index (χ4n) is 1.87. The highest BCUT2D eigenvalue weighted by Gasteiger charge is 2.30. The molecule has 1 aromatic rings. The highest BCUT2D eigenvalue weighted by atomic mass is 32.2. The molecule has 6 heteroatoms. The van der Waals surface area contributed by atoms with E-state index in [4.69, 9.17) is 5.11 Å². The van der Waals surface area contributed by atoms with Crippen LogP contribution in [0.5, 0.6) is 0 Å². The number of carboxylic acids is 1. The van der Waals surface area contributed by atoms with Gasteiger partial charge in [0.1, 0.15) is 6.04 Å². The summed E-state index contributed by atoms with van der Waals surface area (Å²) >= 11 is 0. The molecule has 0 amide bonds. The number of benzene rings is 1. The lowest BCUT2D eigenvalue weighted by atomic mass is 10.0. The average molecular weight is 299 g/mol. The normalized spacial score (nSPS) is 13.2. The fraction of sp³-hybridized carbons (Fsp3) is 0.500. The van der Waals surface area contributed by atoms with Gasteiger partial charge in [0, 0.05) is 0 Å². The van der Waals surface area contributed by atoms with E-state index >= 15 is 0 Å². The lowest BCUT2D eigenvalue weighted by Gasteiger charge is -2.27. The highest BCUT2D eigenvalue weighted by Crippen LogP contribution is 2.24. The zero-order chi connectivity index (χ0) is 15.5. The summed E-state index contributed by atoms with van der Waals surface area (Å²) in [5, 5.41) is 9.11. The summed E-state index contributed by atoms with van der Waals surface area (Å²) in [4.78, 5) is 11.1. The van der Waals surface area contributed by atoms with E-state index < -0.39 is 22.0 Å². The van der Waals surface area contributed by atoms with Gasteiger partial charge in [0.25, 0.3) is 0 Å². The largest absolute Gasteiger partial charge is 0.480 e. The number of anilines is 1. The summed E-state index contributed by atoms with van der Waals surface area (Å²) < 4.78 is 25.2. The number of carbonyl (C=O) groups is 1. The number of rotatable bonds is 6. The van der Waals surface area contributed by atoms with Crippen molar-refractivity contribution in [2.75, 3.05) is 10.1 Å². The second-order valence-corrected chi connectivity index (χ2v) is 7.09. The first-order chi connectivity index (χ1) is 9.20. The van der Waals surface area contributed by atoms with E-state index in [1.807, 2.05) is 26.0 Å². The minimum atomic E-state index is -3.64. The molecule has 0 aliphatic heterocycles. The van der Waals surface area contributed by atoms with Crippen LogP contribution < -0.4 is 4.31 Å². The van der Waals surface area contributed by atoms with Crippen molar-refractivity contribution < 1.29 is 18.3 Å². The van der Waals surface area contributed by atoms with Crippen molar-refractivity contribution in [2.45, 2.75) is 39.7 Å². The van der Waals surface area contributed by atoms with Crippen LogP contribution in [0.15, 0.2) is 24.3 Å². The molecule has 1 unspecified atom stereocenters. The first-order valence-electron chi connectivity index (χ1n) is 6.55. The van der Waals surface area contributed by atoms with Crippen molar-refractivity contribution in [3.8, 4) is 0 Å². The van der Waals surface area contributed by atoms with Crippen molar-refractivity contribution >= 4 is 21.7 Å². The van der Waals surface area contributed by atoms with Gasteiger partial charge >= 0.3 is 5.97 Å². The molecule has 0 aromatic heterocycles. The smallest absolute Gasteiger partial charge is 0.327 e. The second-order valence-electron chi connectivity index (χ2n) is 4.96. The molecule has 0 saturated heterocycles. The van der Waals surface area contributed by atoms with E-state index in [1.165, 1.54) is 13.8 Å². The van der Waals surface area contributed by atoms with Gasteiger partial charge in [-0.15, -0.1) is 0 Å². The van der Waals surface area contributed by atoms with Crippen molar-refractivity contribution in [3.05, 3.63) is 29.8 Å². The summed E-state index contributed by atoms with van der Waals surface area (Å²) in [6.45, 7) is 6.94. The average Bonchev–Trinajstić information content (AvgIpc) is 2.39. The molecule has 0 aliphatic rings. The third kappa shape index (κ3) is 3.50. The van der Waals surface area contributed by atoms with Crippen LogP contribution in [0.1, 0.15) is 39.2 Å². The third-order valence-electron chi connectivity index (χ3n) is 3.19. The van der Waals surface area contributed by atoms with Crippen LogP contribution in [0.3, 0.4) is 0 Å². The van der Waals surface area contributed by atoms with Gasteiger partial charge in [-0.1, -0.05) is 26.0 Å². The predicted octanol–water partition coefficient (Wildman–Crippen LogP) is 2.44. The van der Waals surface area contributed by atoms with Crippen LogP contribution in [0.2, 0.25) is 0 Å². The maximum Gasteiger partial charge on any atom is 0.327 e. The molecule has 0 radical (unpaired) electrons. The molecule has 0 aliphatic carbocycles. The van der Waals surface area contributed by atoms with Crippen molar-refractivity contribution in [1.82, 2.24) is 0 Å². The van der Waals surface area contributed by atoms with Gasteiger partial charge in [-0.3, -0.25) is 4.31 Å². The minimum Gasteiger partial charge on any atom is -0.480 e. The maximum absolute atomic E-state index is 12.1. The topological polar surface area (TPSA) is 74.7 Å².